The number of aromatic nitrogens is 5. The monoisotopic (exact) mass is 429 g/mol. The number of hydrogen-bond acceptors (Lipinski definition) is 7. The molecule has 6 rings (SSSR count). The first-order chi connectivity index (χ1) is 15.0. The Hall–Kier alpha value is -3.39. The SMILES string of the molecule is CC1(C)CC(=O)C2=C(C1)Oc1ncn3nc(-c4cccs4)nc3c1[C@@H]2c1cccnc1. The van der Waals surface area contributed by atoms with Crippen molar-refractivity contribution in [3.63, 3.8) is 0 Å². The molecular weight excluding hydrogens is 410 g/mol. The van der Waals surface area contributed by atoms with Crippen LogP contribution in [-0.2, 0) is 4.79 Å². The Balaban J connectivity index is 1.62. The second-order valence-electron chi connectivity index (χ2n) is 8.74. The average Bonchev–Trinajstić information content (AvgIpc) is 3.41. The molecule has 0 saturated heterocycles. The van der Waals surface area contributed by atoms with E-state index in [9.17, 15) is 4.79 Å². The van der Waals surface area contributed by atoms with Gasteiger partial charge in [0.05, 0.1) is 16.4 Å². The van der Waals surface area contributed by atoms with Crippen LogP contribution in [0.15, 0.2) is 59.7 Å². The fourth-order valence-electron chi connectivity index (χ4n) is 4.54. The maximum absolute atomic E-state index is 13.3. The van der Waals surface area contributed by atoms with E-state index in [2.05, 4.69) is 28.9 Å². The Bertz CT molecular complexity index is 1360. The summed E-state index contributed by atoms with van der Waals surface area (Å²) in [7, 11) is 0. The van der Waals surface area contributed by atoms with Crippen molar-refractivity contribution < 1.29 is 9.53 Å². The molecule has 8 heteroatoms. The number of nitrogens with zero attached hydrogens (tertiary/aromatic N) is 5. The van der Waals surface area contributed by atoms with Gasteiger partial charge in [-0.3, -0.25) is 9.78 Å². The van der Waals surface area contributed by atoms with Gasteiger partial charge in [-0.2, -0.15) is 0 Å². The number of pyridine rings is 1. The summed E-state index contributed by atoms with van der Waals surface area (Å²) in [6, 6.07) is 7.84. The third-order valence-corrected chi connectivity index (χ3v) is 6.69. The number of thiophene rings is 1. The van der Waals surface area contributed by atoms with Crippen molar-refractivity contribution in [3.05, 3.63) is 70.8 Å². The lowest BCUT2D eigenvalue weighted by Gasteiger charge is -2.37. The largest absolute Gasteiger partial charge is 0.442 e. The molecule has 0 bridgehead atoms. The van der Waals surface area contributed by atoms with E-state index in [0.29, 0.717) is 41.5 Å². The molecule has 0 fully saturated rings. The molecule has 0 saturated carbocycles. The van der Waals surface area contributed by atoms with Crippen LogP contribution in [-0.4, -0.2) is 30.3 Å². The highest BCUT2D eigenvalue weighted by atomic mass is 32.1. The molecule has 0 aromatic carbocycles. The number of Topliss-reactive ketones (excluding diaryl/α,β-unsaturated/α-hetero) is 1. The van der Waals surface area contributed by atoms with Crippen LogP contribution in [0.5, 0.6) is 5.88 Å². The van der Waals surface area contributed by atoms with Gasteiger partial charge in [0, 0.05) is 30.8 Å². The van der Waals surface area contributed by atoms with E-state index in [4.69, 9.17) is 9.72 Å². The van der Waals surface area contributed by atoms with E-state index in [-0.39, 0.29) is 17.1 Å². The normalized spacial score (nSPS) is 19.8. The summed E-state index contributed by atoms with van der Waals surface area (Å²) in [4.78, 5) is 28.0. The van der Waals surface area contributed by atoms with Crippen molar-refractivity contribution in [3.8, 4) is 16.6 Å². The molecule has 0 N–H and O–H groups in total. The lowest BCUT2D eigenvalue weighted by Crippen LogP contribution is -2.33. The van der Waals surface area contributed by atoms with Gasteiger partial charge in [0.2, 0.25) is 5.88 Å². The molecule has 1 aliphatic heterocycles. The van der Waals surface area contributed by atoms with Gasteiger partial charge in [-0.25, -0.2) is 14.5 Å². The molecule has 31 heavy (non-hydrogen) atoms. The Labute approximate surface area is 182 Å². The lowest BCUT2D eigenvalue weighted by molar-refractivity contribution is -0.118. The third-order valence-electron chi connectivity index (χ3n) is 5.82. The first kappa shape index (κ1) is 18.4. The quantitative estimate of drug-likeness (QED) is 0.469. The van der Waals surface area contributed by atoms with Gasteiger partial charge in [0.1, 0.15) is 12.1 Å². The molecule has 1 atom stereocenters. The standard InChI is InChI=1S/C23H19N5O2S/c1-23(2)9-14(29)18-15(10-23)30-22-19(17(18)13-5-3-7-24-11-13)21-26-20(16-6-4-8-31-16)27-28(21)12-25-22/h3-8,11-12,17H,9-10H2,1-2H3/t17-/m1/s1. The summed E-state index contributed by atoms with van der Waals surface area (Å²) >= 11 is 1.58. The fourth-order valence-corrected chi connectivity index (χ4v) is 5.19. The zero-order valence-corrected chi connectivity index (χ0v) is 17.9. The summed E-state index contributed by atoms with van der Waals surface area (Å²) in [5.41, 5.74) is 2.86. The number of ketones is 1. The molecule has 154 valence electrons. The van der Waals surface area contributed by atoms with Crippen molar-refractivity contribution in [2.45, 2.75) is 32.6 Å². The average molecular weight is 430 g/mol. The zero-order valence-electron chi connectivity index (χ0n) is 17.1. The van der Waals surface area contributed by atoms with E-state index in [1.807, 2.05) is 29.6 Å². The second kappa shape index (κ2) is 6.55. The van der Waals surface area contributed by atoms with E-state index >= 15 is 0 Å². The van der Waals surface area contributed by atoms with Gasteiger partial charge in [0.15, 0.2) is 17.3 Å². The van der Waals surface area contributed by atoms with Crippen molar-refractivity contribution >= 4 is 22.8 Å². The first-order valence-corrected chi connectivity index (χ1v) is 11.0. The minimum atomic E-state index is -0.340. The van der Waals surface area contributed by atoms with Gasteiger partial charge in [-0.1, -0.05) is 26.0 Å². The predicted octanol–water partition coefficient (Wildman–Crippen LogP) is 4.42. The van der Waals surface area contributed by atoms with Crippen LogP contribution in [0.4, 0.5) is 0 Å². The number of fused-ring (bicyclic) bond motifs is 3. The maximum atomic E-state index is 13.3. The van der Waals surface area contributed by atoms with Gasteiger partial charge >= 0.3 is 0 Å². The molecule has 0 amide bonds. The highest BCUT2D eigenvalue weighted by Gasteiger charge is 2.44. The minimum absolute atomic E-state index is 0.103. The Morgan fingerprint density at radius 2 is 2.13 bits per heavy atom. The maximum Gasteiger partial charge on any atom is 0.228 e. The molecule has 1 aliphatic carbocycles. The summed E-state index contributed by atoms with van der Waals surface area (Å²) in [5.74, 6) is 1.58. The molecule has 4 aromatic rings. The van der Waals surface area contributed by atoms with E-state index in [1.54, 1.807) is 34.6 Å². The van der Waals surface area contributed by atoms with E-state index in [1.165, 1.54) is 0 Å². The predicted molar refractivity (Wildman–Crippen MR) is 116 cm³/mol. The topological polar surface area (TPSA) is 82.3 Å². The molecule has 7 nitrogen and oxygen atoms in total. The van der Waals surface area contributed by atoms with Crippen molar-refractivity contribution in [1.29, 1.82) is 0 Å². The first-order valence-electron chi connectivity index (χ1n) is 10.1. The summed E-state index contributed by atoms with van der Waals surface area (Å²) in [6.07, 6.45) is 6.32. The smallest absolute Gasteiger partial charge is 0.228 e. The van der Waals surface area contributed by atoms with E-state index < -0.39 is 0 Å². The minimum Gasteiger partial charge on any atom is -0.442 e. The highest BCUT2D eigenvalue weighted by molar-refractivity contribution is 7.13. The van der Waals surface area contributed by atoms with Crippen LogP contribution >= 0.6 is 11.3 Å². The molecule has 4 aromatic heterocycles. The molecule has 2 aliphatic rings. The molecule has 0 spiro atoms. The Morgan fingerprint density at radius 1 is 1.23 bits per heavy atom. The Morgan fingerprint density at radius 3 is 2.90 bits per heavy atom. The number of allylic oxidation sites excluding steroid dienone is 2. The van der Waals surface area contributed by atoms with Crippen molar-refractivity contribution in [2.75, 3.05) is 0 Å². The molecule has 0 unspecified atom stereocenters. The van der Waals surface area contributed by atoms with Crippen molar-refractivity contribution in [2.24, 2.45) is 5.41 Å². The van der Waals surface area contributed by atoms with Gasteiger partial charge in [0.25, 0.3) is 0 Å². The van der Waals surface area contributed by atoms with E-state index in [0.717, 1.165) is 16.0 Å². The van der Waals surface area contributed by atoms with Crippen LogP contribution in [0.1, 0.15) is 43.7 Å². The lowest BCUT2D eigenvalue weighted by atomic mass is 9.70. The van der Waals surface area contributed by atoms with Gasteiger partial charge in [-0.15, -0.1) is 16.4 Å². The van der Waals surface area contributed by atoms with Crippen LogP contribution in [0.3, 0.4) is 0 Å². The Kier molecular flexibility index (Phi) is 3.89. The van der Waals surface area contributed by atoms with Gasteiger partial charge < -0.3 is 4.74 Å². The molecule has 5 heterocycles. The van der Waals surface area contributed by atoms with Crippen LogP contribution in [0, 0.1) is 5.41 Å². The zero-order chi connectivity index (χ0) is 21.2. The fraction of sp³-hybridized carbons (Fsp3) is 0.261. The third kappa shape index (κ3) is 2.90. The molecule has 0 radical (unpaired) electrons. The van der Waals surface area contributed by atoms with Crippen molar-refractivity contribution in [1.82, 2.24) is 24.6 Å². The van der Waals surface area contributed by atoms with Crippen LogP contribution in [0.25, 0.3) is 16.3 Å². The number of rotatable bonds is 2. The number of ether oxygens (including phenoxy) is 1. The summed E-state index contributed by atoms with van der Waals surface area (Å²) < 4.78 is 7.92. The van der Waals surface area contributed by atoms with Gasteiger partial charge in [-0.05, 0) is 28.5 Å². The highest BCUT2D eigenvalue weighted by Crippen LogP contribution is 2.50. The second-order valence-corrected chi connectivity index (χ2v) is 9.69. The number of carbonyl (C=O) groups is 1. The van der Waals surface area contributed by atoms with Crippen LogP contribution in [0.2, 0.25) is 0 Å². The summed E-state index contributed by atoms with van der Waals surface area (Å²) in [6.45, 7) is 4.18. The number of carbonyl (C=O) groups excluding carboxylic acids is 1. The molecular formula is C23H19N5O2S. The van der Waals surface area contributed by atoms with Crippen LogP contribution < -0.4 is 4.74 Å². The summed E-state index contributed by atoms with van der Waals surface area (Å²) in [5, 5.41) is 6.61. The number of hydrogen-bond donors (Lipinski definition) is 0.